The van der Waals surface area contributed by atoms with E-state index in [-0.39, 0.29) is 31.2 Å². The van der Waals surface area contributed by atoms with Crippen molar-refractivity contribution >= 4 is 34.3 Å². The van der Waals surface area contributed by atoms with E-state index >= 15 is 0 Å². The first-order valence-corrected chi connectivity index (χ1v) is 7.00. The number of amides is 2. The number of thiazole rings is 1. The smallest absolute Gasteiger partial charge is 0.358 e. The topological polar surface area (TPSA) is 103 Å². The summed E-state index contributed by atoms with van der Waals surface area (Å²) in [4.78, 5) is 40.9. The van der Waals surface area contributed by atoms with Gasteiger partial charge in [0.2, 0.25) is 11.8 Å². The molecular weight excluding hydrogens is 282 g/mol. The predicted molar refractivity (Wildman–Crippen MR) is 72.5 cm³/mol. The van der Waals surface area contributed by atoms with E-state index in [1.807, 2.05) is 0 Å². The van der Waals surface area contributed by atoms with Gasteiger partial charge in [0.1, 0.15) is 0 Å². The third-order valence-corrected chi connectivity index (χ3v) is 4.01. The summed E-state index contributed by atoms with van der Waals surface area (Å²) in [5.41, 5.74) is 5.42. The number of ether oxygens (including phenoxy) is 1. The van der Waals surface area contributed by atoms with E-state index in [2.05, 4.69) is 4.98 Å². The van der Waals surface area contributed by atoms with Crippen molar-refractivity contribution in [1.29, 1.82) is 0 Å². The number of aromatic nitrogens is 1. The maximum absolute atomic E-state index is 11.9. The molecule has 1 aromatic heterocycles. The molecule has 20 heavy (non-hydrogen) atoms. The number of rotatable bonds is 4. The Bertz CT molecular complexity index is 569. The Morgan fingerprint density at radius 3 is 2.80 bits per heavy atom. The summed E-state index contributed by atoms with van der Waals surface area (Å²) in [5, 5.41) is 0.402. The van der Waals surface area contributed by atoms with E-state index in [4.69, 9.17) is 10.5 Å². The second-order valence-electron chi connectivity index (χ2n) is 4.43. The summed E-state index contributed by atoms with van der Waals surface area (Å²) in [6.45, 7) is 3.92. The van der Waals surface area contributed by atoms with Crippen LogP contribution in [0.15, 0.2) is 0 Å². The number of hydrogen-bond acceptors (Lipinski definition) is 6. The molecule has 1 saturated heterocycles. The molecule has 0 aromatic carbocycles. The minimum atomic E-state index is -0.509. The highest BCUT2D eigenvalue weighted by molar-refractivity contribution is 7.16. The maximum Gasteiger partial charge on any atom is 0.358 e. The number of hydrogen-bond donors (Lipinski definition) is 1. The molecular formula is C12H15N3O4S. The Kier molecular flexibility index (Phi) is 4.03. The second kappa shape index (κ2) is 5.58. The normalized spacial score (nSPS) is 18.4. The average Bonchev–Trinajstić information content (AvgIpc) is 2.93. The molecule has 2 rings (SSSR count). The Morgan fingerprint density at radius 2 is 2.25 bits per heavy atom. The molecule has 0 bridgehead atoms. The van der Waals surface area contributed by atoms with Crippen LogP contribution >= 0.6 is 11.3 Å². The molecule has 0 aliphatic carbocycles. The Labute approximate surface area is 119 Å². The first kappa shape index (κ1) is 14.4. The molecule has 1 aliphatic heterocycles. The summed E-state index contributed by atoms with van der Waals surface area (Å²) in [7, 11) is 0. The molecule has 2 N–H and O–H groups in total. The van der Waals surface area contributed by atoms with Crippen molar-refractivity contribution < 1.29 is 19.1 Å². The van der Waals surface area contributed by atoms with Crippen LogP contribution in [0, 0.1) is 12.8 Å². The second-order valence-corrected chi connectivity index (χ2v) is 5.61. The molecule has 0 saturated carbocycles. The van der Waals surface area contributed by atoms with Crippen molar-refractivity contribution in [3.05, 3.63) is 10.6 Å². The lowest BCUT2D eigenvalue weighted by Gasteiger charge is -2.11. The SMILES string of the molecule is CCOC(=O)c1nc(N2CC(C(N)=O)CC2=O)sc1C. The number of nitrogens with two attached hydrogens (primary N) is 1. The first-order valence-electron chi connectivity index (χ1n) is 6.18. The monoisotopic (exact) mass is 297 g/mol. The number of nitrogens with zero attached hydrogens (tertiary/aromatic N) is 2. The van der Waals surface area contributed by atoms with Crippen molar-refractivity contribution in [2.24, 2.45) is 11.7 Å². The van der Waals surface area contributed by atoms with Gasteiger partial charge in [-0.25, -0.2) is 9.78 Å². The van der Waals surface area contributed by atoms with Crippen LogP contribution in [-0.4, -0.2) is 35.9 Å². The number of esters is 1. The van der Waals surface area contributed by atoms with Crippen molar-refractivity contribution in [2.45, 2.75) is 20.3 Å². The highest BCUT2D eigenvalue weighted by Crippen LogP contribution is 2.31. The van der Waals surface area contributed by atoms with Crippen molar-refractivity contribution in [2.75, 3.05) is 18.1 Å². The van der Waals surface area contributed by atoms with Crippen LogP contribution in [0.1, 0.15) is 28.7 Å². The fourth-order valence-corrected chi connectivity index (χ4v) is 2.89. The van der Waals surface area contributed by atoms with E-state index in [1.165, 1.54) is 16.2 Å². The molecule has 0 radical (unpaired) electrons. The third-order valence-electron chi connectivity index (χ3n) is 3.01. The fourth-order valence-electron chi connectivity index (χ4n) is 1.97. The number of anilines is 1. The van der Waals surface area contributed by atoms with Gasteiger partial charge >= 0.3 is 5.97 Å². The van der Waals surface area contributed by atoms with Gasteiger partial charge in [0.05, 0.1) is 12.5 Å². The van der Waals surface area contributed by atoms with Gasteiger partial charge in [-0.15, -0.1) is 11.3 Å². The van der Waals surface area contributed by atoms with Crippen LogP contribution in [0.4, 0.5) is 5.13 Å². The van der Waals surface area contributed by atoms with E-state index in [1.54, 1.807) is 13.8 Å². The predicted octanol–water partition coefficient (Wildman–Crippen LogP) is 0.466. The Balaban J connectivity index is 2.22. The molecule has 0 spiro atoms. The lowest BCUT2D eigenvalue weighted by molar-refractivity contribution is -0.123. The summed E-state index contributed by atoms with van der Waals surface area (Å²) < 4.78 is 4.90. The summed E-state index contributed by atoms with van der Waals surface area (Å²) in [6, 6.07) is 0. The number of primary amides is 1. The zero-order valence-electron chi connectivity index (χ0n) is 11.2. The standard InChI is InChI=1S/C12H15N3O4S/c1-3-19-11(18)9-6(2)20-12(14-9)15-5-7(10(13)17)4-8(15)16/h7H,3-5H2,1-2H3,(H2,13,17). The van der Waals surface area contributed by atoms with E-state index in [0.717, 1.165) is 0 Å². The van der Waals surface area contributed by atoms with Crippen LogP contribution in [-0.2, 0) is 14.3 Å². The van der Waals surface area contributed by atoms with Crippen molar-refractivity contribution in [1.82, 2.24) is 4.98 Å². The molecule has 2 amide bonds. The Hall–Kier alpha value is -1.96. The number of aryl methyl sites for hydroxylation is 1. The molecule has 1 fully saturated rings. The van der Waals surface area contributed by atoms with Crippen molar-refractivity contribution in [3.63, 3.8) is 0 Å². The minimum absolute atomic E-state index is 0.0860. The van der Waals surface area contributed by atoms with Crippen LogP contribution in [0.5, 0.6) is 0 Å². The van der Waals surface area contributed by atoms with Crippen LogP contribution < -0.4 is 10.6 Å². The van der Waals surface area contributed by atoms with Crippen LogP contribution in [0.3, 0.4) is 0 Å². The molecule has 7 nitrogen and oxygen atoms in total. The van der Waals surface area contributed by atoms with E-state index in [9.17, 15) is 14.4 Å². The lowest BCUT2D eigenvalue weighted by atomic mass is 10.1. The summed E-state index contributed by atoms with van der Waals surface area (Å²) in [5.74, 6) is -1.72. The minimum Gasteiger partial charge on any atom is -0.461 e. The molecule has 1 unspecified atom stereocenters. The van der Waals surface area contributed by atoms with Gasteiger partial charge in [-0.2, -0.15) is 0 Å². The third kappa shape index (κ3) is 2.64. The largest absolute Gasteiger partial charge is 0.461 e. The van der Waals surface area contributed by atoms with Gasteiger partial charge < -0.3 is 10.5 Å². The fraction of sp³-hybridized carbons (Fsp3) is 0.500. The molecule has 1 aromatic rings. The number of carbonyl (C=O) groups is 3. The van der Waals surface area contributed by atoms with E-state index < -0.39 is 17.8 Å². The van der Waals surface area contributed by atoms with Gasteiger partial charge in [-0.1, -0.05) is 0 Å². The molecule has 8 heteroatoms. The van der Waals surface area contributed by atoms with Crippen LogP contribution in [0.2, 0.25) is 0 Å². The van der Waals surface area contributed by atoms with Gasteiger partial charge in [-0.3, -0.25) is 14.5 Å². The van der Waals surface area contributed by atoms with Gasteiger partial charge in [0, 0.05) is 17.8 Å². The van der Waals surface area contributed by atoms with Crippen molar-refractivity contribution in [3.8, 4) is 0 Å². The average molecular weight is 297 g/mol. The molecule has 108 valence electrons. The quantitative estimate of drug-likeness (QED) is 0.814. The van der Waals surface area contributed by atoms with Gasteiger partial charge in [-0.05, 0) is 13.8 Å². The van der Waals surface area contributed by atoms with E-state index in [0.29, 0.717) is 10.0 Å². The van der Waals surface area contributed by atoms with Gasteiger partial charge in [0.15, 0.2) is 10.8 Å². The Morgan fingerprint density at radius 1 is 1.55 bits per heavy atom. The zero-order valence-corrected chi connectivity index (χ0v) is 12.0. The molecule has 1 aliphatic rings. The number of carbonyl (C=O) groups excluding carboxylic acids is 3. The first-order chi connectivity index (χ1) is 9.43. The van der Waals surface area contributed by atoms with Gasteiger partial charge in [0.25, 0.3) is 0 Å². The highest BCUT2D eigenvalue weighted by Gasteiger charge is 2.36. The maximum atomic E-state index is 11.9. The molecule has 1 atom stereocenters. The zero-order chi connectivity index (χ0) is 14.9. The lowest BCUT2D eigenvalue weighted by Crippen LogP contribution is -2.28. The molecule has 2 heterocycles. The summed E-state index contributed by atoms with van der Waals surface area (Å²) >= 11 is 1.22. The summed E-state index contributed by atoms with van der Waals surface area (Å²) in [6.07, 6.45) is 0.0860. The highest BCUT2D eigenvalue weighted by atomic mass is 32.1. The van der Waals surface area contributed by atoms with Crippen LogP contribution in [0.25, 0.3) is 0 Å².